The predicted octanol–water partition coefficient (Wildman–Crippen LogP) is 1.93. The Kier molecular flexibility index (Phi) is 5.93. The van der Waals surface area contributed by atoms with Gasteiger partial charge < -0.3 is 10.2 Å². The van der Waals surface area contributed by atoms with Crippen molar-refractivity contribution in [3.63, 3.8) is 0 Å². The van der Waals surface area contributed by atoms with Crippen molar-refractivity contribution < 1.29 is 0 Å². The van der Waals surface area contributed by atoms with Crippen LogP contribution in [0, 0.1) is 0 Å². The second-order valence-electron chi connectivity index (χ2n) is 5.89. The molecule has 0 saturated carbocycles. The summed E-state index contributed by atoms with van der Waals surface area (Å²) in [5.74, 6) is 0. The van der Waals surface area contributed by atoms with Crippen LogP contribution in [0.15, 0.2) is 0 Å². The van der Waals surface area contributed by atoms with E-state index in [1.54, 1.807) is 0 Å². The van der Waals surface area contributed by atoms with Gasteiger partial charge in [-0.2, -0.15) is 0 Å². The lowest BCUT2D eigenvalue weighted by molar-refractivity contribution is 0.249. The molecule has 0 aromatic carbocycles. The first-order chi connectivity index (χ1) is 8.83. The second-order valence-corrected chi connectivity index (χ2v) is 5.89. The van der Waals surface area contributed by atoms with E-state index in [0.29, 0.717) is 0 Å². The number of likely N-dealkylation sites (N-methyl/N-ethyl adjacent to an activating group) is 1. The number of hydrogen-bond donors (Lipinski definition) is 1. The maximum absolute atomic E-state index is 3.84. The van der Waals surface area contributed by atoms with Crippen LogP contribution in [-0.2, 0) is 0 Å². The van der Waals surface area contributed by atoms with Gasteiger partial charge in [-0.1, -0.05) is 13.8 Å². The quantitative estimate of drug-likeness (QED) is 0.808. The molecule has 1 N–H and O–H groups in total. The molecule has 3 heteroatoms. The van der Waals surface area contributed by atoms with Gasteiger partial charge >= 0.3 is 0 Å². The highest BCUT2D eigenvalue weighted by atomic mass is 15.2. The summed E-state index contributed by atoms with van der Waals surface area (Å²) in [7, 11) is 0. The van der Waals surface area contributed by atoms with Gasteiger partial charge in [-0.05, 0) is 64.8 Å². The first kappa shape index (κ1) is 14.3. The van der Waals surface area contributed by atoms with Crippen LogP contribution in [0.4, 0.5) is 0 Å². The highest BCUT2D eigenvalue weighted by Gasteiger charge is 2.24. The number of hydrogen-bond acceptors (Lipinski definition) is 3. The molecule has 106 valence electrons. The minimum atomic E-state index is 0.765. The standard InChI is InChI=1S/C15H31N3/c1-3-17-10-5-7-14(9-12-17)16-13-15-8-6-11-18(15)4-2/h14-16H,3-13H2,1-2H3. The summed E-state index contributed by atoms with van der Waals surface area (Å²) in [5.41, 5.74) is 0. The zero-order valence-electron chi connectivity index (χ0n) is 12.3. The molecule has 2 saturated heterocycles. The SMILES string of the molecule is CCN1CCCC(NCC2CCCN2CC)CC1. The molecule has 0 amide bonds. The van der Waals surface area contributed by atoms with E-state index in [9.17, 15) is 0 Å². The van der Waals surface area contributed by atoms with Gasteiger partial charge in [0.2, 0.25) is 0 Å². The van der Waals surface area contributed by atoms with Gasteiger partial charge in [0, 0.05) is 18.6 Å². The molecule has 0 aliphatic carbocycles. The summed E-state index contributed by atoms with van der Waals surface area (Å²) in [4.78, 5) is 5.23. The molecule has 2 aliphatic rings. The monoisotopic (exact) mass is 253 g/mol. The van der Waals surface area contributed by atoms with Crippen LogP contribution in [-0.4, -0.2) is 61.2 Å². The fourth-order valence-corrected chi connectivity index (χ4v) is 3.52. The van der Waals surface area contributed by atoms with Gasteiger partial charge in [-0.3, -0.25) is 4.90 Å². The van der Waals surface area contributed by atoms with Gasteiger partial charge in [0.15, 0.2) is 0 Å². The van der Waals surface area contributed by atoms with Gasteiger partial charge in [0.25, 0.3) is 0 Å². The molecule has 2 rings (SSSR count). The summed E-state index contributed by atoms with van der Waals surface area (Å²) >= 11 is 0. The van der Waals surface area contributed by atoms with E-state index in [2.05, 4.69) is 29.0 Å². The van der Waals surface area contributed by atoms with Crippen LogP contribution in [0.25, 0.3) is 0 Å². The van der Waals surface area contributed by atoms with Crippen molar-refractivity contribution >= 4 is 0 Å². The highest BCUT2D eigenvalue weighted by Crippen LogP contribution is 2.17. The number of nitrogens with zero attached hydrogens (tertiary/aromatic N) is 2. The Morgan fingerprint density at radius 1 is 0.944 bits per heavy atom. The van der Waals surface area contributed by atoms with Crippen LogP contribution in [0.1, 0.15) is 46.0 Å². The van der Waals surface area contributed by atoms with Crippen LogP contribution in [0.5, 0.6) is 0 Å². The first-order valence-electron chi connectivity index (χ1n) is 8.03. The Labute approximate surface area is 113 Å². The average molecular weight is 253 g/mol. The Morgan fingerprint density at radius 3 is 2.56 bits per heavy atom. The van der Waals surface area contributed by atoms with Crippen molar-refractivity contribution in [1.82, 2.24) is 15.1 Å². The minimum Gasteiger partial charge on any atom is -0.312 e. The number of likely N-dealkylation sites (tertiary alicyclic amines) is 2. The normalized spacial score (nSPS) is 31.7. The van der Waals surface area contributed by atoms with E-state index >= 15 is 0 Å². The third kappa shape index (κ3) is 3.94. The van der Waals surface area contributed by atoms with Crippen molar-refractivity contribution in [3.8, 4) is 0 Å². The predicted molar refractivity (Wildman–Crippen MR) is 78.0 cm³/mol. The Hall–Kier alpha value is -0.120. The molecule has 2 unspecified atom stereocenters. The van der Waals surface area contributed by atoms with Gasteiger partial charge in [0.05, 0.1) is 0 Å². The molecule has 2 atom stereocenters. The molecule has 0 spiro atoms. The van der Waals surface area contributed by atoms with E-state index in [0.717, 1.165) is 12.1 Å². The summed E-state index contributed by atoms with van der Waals surface area (Å²) in [6, 6.07) is 1.57. The number of rotatable bonds is 5. The molecule has 0 bridgehead atoms. The van der Waals surface area contributed by atoms with E-state index in [1.807, 2.05) is 0 Å². The third-order valence-corrected chi connectivity index (χ3v) is 4.82. The highest BCUT2D eigenvalue weighted by molar-refractivity contribution is 4.83. The molecule has 2 aliphatic heterocycles. The van der Waals surface area contributed by atoms with Crippen molar-refractivity contribution in [2.24, 2.45) is 0 Å². The molecule has 0 aromatic rings. The molecule has 2 fully saturated rings. The Balaban J connectivity index is 1.69. The second kappa shape index (κ2) is 7.46. The summed E-state index contributed by atoms with van der Waals surface area (Å²) in [6.07, 6.45) is 6.87. The van der Waals surface area contributed by atoms with E-state index in [4.69, 9.17) is 0 Å². The summed E-state index contributed by atoms with van der Waals surface area (Å²) in [6.45, 7) is 12.1. The van der Waals surface area contributed by atoms with Gasteiger partial charge in [-0.25, -0.2) is 0 Å². The third-order valence-electron chi connectivity index (χ3n) is 4.82. The topological polar surface area (TPSA) is 18.5 Å². The molecule has 0 radical (unpaired) electrons. The first-order valence-corrected chi connectivity index (χ1v) is 8.03. The van der Waals surface area contributed by atoms with Gasteiger partial charge in [-0.15, -0.1) is 0 Å². The van der Waals surface area contributed by atoms with Crippen molar-refractivity contribution in [3.05, 3.63) is 0 Å². The maximum Gasteiger partial charge on any atom is 0.0221 e. The summed E-state index contributed by atoms with van der Waals surface area (Å²) in [5, 5.41) is 3.84. The maximum atomic E-state index is 3.84. The largest absolute Gasteiger partial charge is 0.312 e. The van der Waals surface area contributed by atoms with Crippen LogP contribution < -0.4 is 5.32 Å². The van der Waals surface area contributed by atoms with Gasteiger partial charge in [0.1, 0.15) is 0 Å². The molecule has 18 heavy (non-hydrogen) atoms. The molecule has 0 aromatic heterocycles. The van der Waals surface area contributed by atoms with Crippen LogP contribution in [0.3, 0.4) is 0 Å². The molecular weight excluding hydrogens is 222 g/mol. The summed E-state index contributed by atoms with van der Waals surface area (Å²) < 4.78 is 0. The van der Waals surface area contributed by atoms with Crippen molar-refractivity contribution in [2.45, 2.75) is 58.0 Å². The van der Waals surface area contributed by atoms with Crippen LogP contribution >= 0.6 is 0 Å². The van der Waals surface area contributed by atoms with E-state index in [-0.39, 0.29) is 0 Å². The zero-order valence-corrected chi connectivity index (χ0v) is 12.3. The average Bonchev–Trinajstić information content (AvgIpc) is 2.73. The zero-order chi connectivity index (χ0) is 12.8. The van der Waals surface area contributed by atoms with Crippen LogP contribution in [0.2, 0.25) is 0 Å². The molecule has 3 nitrogen and oxygen atoms in total. The van der Waals surface area contributed by atoms with E-state index < -0.39 is 0 Å². The smallest absolute Gasteiger partial charge is 0.0221 e. The fourth-order valence-electron chi connectivity index (χ4n) is 3.52. The minimum absolute atomic E-state index is 0.765. The lowest BCUT2D eigenvalue weighted by Crippen LogP contribution is -2.42. The molecule has 2 heterocycles. The van der Waals surface area contributed by atoms with Crippen molar-refractivity contribution in [2.75, 3.05) is 39.3 Å². The lowest BCUT2D eigenvalue weighted by atomic mass is 10.1. The molecular formula is C15H31N3. The Bertz CT molecular complexity index is 232. The van der Waals surface area contributed by atoms with E-state index in [1.165, 1.54) is 71.4 Å². The van der Waals surface area contributed by atoms with Crippen molar-refractivity contribution in [1.29, 1.82) is 0 Å². The number of nitrogens with one attached hydrogen (secondary N) is 1. The lowest BCUT2D eigenvalue weighted by Gasteiger charge is -2.26. The fraction of sp³-hybridized carbons (Fsp3) is 1.00. The Morgan fingerprint density at radius 2 is 1.78 bits per heavy atom.